The molecule has 2 aliphatic rings. The average Bonchev–Trinajstić information content (AvgIpc) is 3.55. The topological polar surface area (TPSA) is 121 Å². The average molecular weight is 558 g/mol. The largest absolute Gasteiger partial charge is 0.490 e. The van der Waals surface area contributed by atoms with Crippen LogP contribution in [-0.4, -0.2) is 87.2 Å². The number of carboxylic acid groups (broad SMARTS) is 2. The van der Waals surface area contributed by atoms with Gasteiger partial charge in [-0.15, -0.1) is 0 Å². The molecule has 0 spiro atoms. The van der Waals surface area contributed by atoms with Crippen LogP contribution in [0.5, 0.6) is 0 Å². The van der Waals surface area contributed by atoms with Gasteiger partial charge in [0.15, 0.2) is 0 Å². The van der Waals surface area contributed by atoms with E-state index in [9.17, 15) is 26.3 Å². The van der Waals surface area contributed by atoms with Gasteiger partial charge in [0.1, 0.15) is 11.6 Å². The highest BCUT2D eigenvalue weighted by molar-refractivity contribution is 5.73. The number of carbonyl (C=O) groups is 2. The van der Waals surface area contributed by atoms with Crippen molar-refractivity contribution in [3.05, 3.63) is 41.9 Å². The molecule has 2 aromatic rings. The summed E-state index contributed by atoms with van der Waals surface area (Å²) in [5.74, 6) is -2.63. The van der Waals surface area contributed by atoms with Gasteiger partial charge >= 0.3 is 24.3 Å². The van der Waals surface area contributed by atoms with Gasteiger partial charge in [-0.1, -0.05) is 0 Å². The van der Waals surface area contributed by atoms with Crippen LogP contribution in [0.4, 0.5) is 26.3 Å². The highest BCUT2D eigenvalue weighted by Crippen LogP contribution is 2.19. The molecular weight excluding hydrogens is 530 g/mol. The normalized spacial score (nSPS) is 17.7. The fraction of sp³-hybridized carbons (Fsp3) is 0.591. The summed E-state index contributed by atoms with van der Waals surface area (Å²) in [6.07, 6.45) is -5.03. The van der Waals surface area contributed by atoms with Crippen molar-refractivity contribution >= 4 is 11.9 Å². The Kier molecular flexibility index (Phi) is 11.1. The minimum Gasteiger partial charge on any atom is -0.475 e. The third-order valence-corrected chi connectivity index (χ3v) is 5.39. The molecule has 38 heavy (non-hydrogen) atoms. The SMILES string of the molecule is CN(Cc1cn2c(n1)CN(CC1CCOC1)CC2)Cc1ccco1.O=C(O)C(F)(F)F.O=C(O)C(F)(F)F. The van der Waals surface area contributed by atoms with E-state index in [4.69, 9.17) is 33.9 Å². The van der Waals surface area contributed by atoms with E-state index >= 15 is 0 Å². The van der Waals surface area contributed by atoms with Crippen LogP contribution < -0.4 is 0 Å². The molecule has 0 aliphatic carbocycles. The summed E-state index contributed by atoms with van der Waals surface area (Å²) in [4.78, 5) is 27.4. The van der Waals surface area contributed by atoms with E-state index in [1.54, 1.807) is 6.26 Å². The number of hydrogen-bond donors (Lipinski definition) is 2. The van der Waals surface area contributed by atoms with Gasteiger partial charge in [-0.3, -0.25) is 9.80 Å². The van der Waals surface area contributed by atoms with Crippen molar-refractivity contribution in [2.75, 3.05) is 33.4 Å². The van der Waals surface area contributed by atoms with Gasteiger partial charge in [0.2, 0.25) is 0 Å². The van der Waals surface area contributed by atoms with E-state index in [0.717, 1.165) is 63.9 Å². The lowest BCUT2D eigenvalue weighted by molar-refractivity contribution is -0.193. The molecule has 10 nitrogen and oxygen atoms in total. The number of carboxylic acids is 2. The number of furan rings is 1. The molecule has 4 rings (SSSR count). The third-order valence-electron chi connectivity index (χ3n) is 5.39. The van der Waals surface area contributed by atoms with Gasteiger partial charge in [-0.2, -0.15) is 26.3 Å². The van der Waals surface area contributed by atoms with Crippen molar-refractivity contribution in [1.82, 2.24) is 19.4 Å². The molecule has 0 amide bonds. The van der Waals surface area contributed by atoms with Crippen molar-refractivity contribution in [3.63, 3.8) is 0 Å². The lowest BCUT2D eigenvalue weighted by Gasteiger charge is -2.29. The summed E-state index contributed by atoms with van der Waals surface area (Å²) in [5, 5.41) is 14.2. The van der Waals surface area contributed by atoms with Gasteiger partial charge in [-0.25, -0.2) is 14.6 Å². The lowest BCUT2D eigenvalue weighted by atomic mass is 10.1. The molecule has 16 heteroatoms. The number of fused-ring (bicyclic) bond motifs is 1. The van der Waals surface area contributed by atoms with Crippen molar-refractivity contribution in [1.29, 1.82) is 0 Å². The van der Waals surface area contributed by atoms with E-state index in [1.165, 1.54) is 12.2 Å². The van der Waals surface area contributed by atoms with Gasteiger partial charge in [0, 0.05) is 39.0 Å². The summed E-state index contributed by atoms with van der Waals surface area (Å²) in [6.45, 7) is 7.76. The number of imidazole rings is 1. The Morgan fingerprint density at radius 3 is 2.24 bits per heavy atom. The molecule has 1 unspecified atom stereocenters. The standard InChI is InChI=1S/C18H26N4O2.2C2HF3O2/c1-20(12-17-3-2-7-24-17)10-16-11-22-6-5-21(13-18(22)19-16)9-15-4-8-23-14-15;2*3-2(4,5)1(6)7/h2-3,7,11,15H,4-6,8-10,12-14H2,1H3;2*(H,6,7). The second-order valence-corrected chi connectivity index (χ2v) is 8.66. The predicted octanol–water partition coefficient (Wildman–Crippen LogP) is 3.23. The molecule has 0 bridgehead atoms. The second-order valence-electron chi connectivity index (χ2n) is 8.66. The van der Waals surface area contributed by atoms with Crippen molar-refractivity contribution in [3.8, 4) is 0 Å². The minimum atomic E-state index is -5.08. The molecule has 0 radical (unpaired) electrons. The van der Waals surface area contributed by atoms with Gasteiger partial charge < -0.3 is 23.9 Å². The molecule has 2 aromatic heterocycles. The first kappa shape index (κ1) is 31.1. The smallest absolute Gasteiger partial charge is 0.475 e. The van der Waals surface area contributed by atoms with E-state index in [0.29, 0.717) is 5.92 Å². The first-order chi connectivity index (χ1) is 17.6. The Balaban J connectivity index is 0.000000301. The maximum Gasteiger partial charge on any atom is 0.490 e. The second kappa shape index (κ2) is 13.6. The number of aliphatic carboxylic acids is 2. The molecule has 214 valence electrons. The number of ether oxygens (including phenoxy) is 1. The van der Waals surface area contributed by atoms with Crippen LogP contribution in [0.25, 0.3) is 0 Å². The Morgan fingerprint density at radius 2 is 1.74 bits per heavy atom. The van der Waals surface area contributed by atoms with Crippen LogP contribution in [0.2, 0.25) is 0 Å². The van der Waals surface area contributed by atoms with E-state index in [1.807, 2.05) is 12.1 Å². The van der Waals surface area contributed by atoms with Crippen molar-refractivity contribution in [2.45, 2.75) is 45.0 Å². The number of alkyl halides is 6. The third kappa shape index (κ3) is 10.7. The molecule has 2 aliphatic heterocycles. The van der Waals surface area contributed by atoms with Crippen molar-refractivity contribution < 1.29 is 55.3 Å². The molecule has 1 fully saturated rings. The summed E-state index contributed by atoms with van der Waals surface area (Å²) >= 11 is 0. The molecular formula is C22H28F6N4O6. The Labute approximate surface area is 213 Å². The summed E-state index contributed by atoms with van der Waals surface area (Å²) < 4.78 is 76.7. The van der Waals surface area contributed by atoms with Crippen LogP contribution in [0.15, 0.2) is 29.0 Å². The summed E-state index contributed by atoms with van der Waals surface area (Å²) in [6, 6.07) is 3.95. The Hall–Kier alpha value is -3.11. The predicted molar refractivity (Wildman–Crippen MR) is 118 cm³/mol. The maximum atomic E-state index is 10.6. The molecule has 2 N–H and O–H groups in total. The van der Waals surface area contributed by atoms with E-state index in [-0.39, 0.29) is 0 Å². The van der Waals surface area contributed by atoms with Crippen LogP contribution in [-0.2, 0) is 40.5 Å². The molecule has 1 atom stereocenters. The maximum absolute atomic E-state index is 10.6. The highest BCUT2D eigenvalue weighted by Gasteiger charge is 2.38. The first-order valence-corrected chi connectivity index (χ1v) is 11.3. The Morgan fingerprint density at radius 1 is 1.11 bits per heavy atom. The zero-order valence-corrected chi connectivity index (χ0v) is 20.3. The molecule has 4 heterocycles. The van der Waals surface area contributed by atoms with Crippen LogP contribution >= 0.6 is 0 Å². The number of aromatic nitrogens is 2. The minimum absolute atomic E-state index is 0.699. The number of hydrogen-bond acceptors (Lipinski definition) is 7. The van der Waals surface area contributed by atoms with Crippen LogP contribution in [0.3, 0.4) is 0 Å². The van der Waals surface area contributed by atoms with Crippen LogP contribution in [0.1, 0.15) is 23.7 Å². The number of nitrogens with zero attached hydrogens (tertiary/aromatic N) is 4. The zero-order chi connectivity index (χ0) is 28.5. The first-order valence-electron chi connectivity index (χ1n) is 11.3. The number of rotatable bonds is 6. The number of halogens is 6. The van der Waals surface area contributed by atoms with Gasteiger partial charge in [-0.05, 0) is 31.5 Å². The molecule has 1 saturated heterocycles. The fourth-order valence-electron chi connectivity index (χ4n) is 3.69. The van der Waals surface area contributed by atoms with Crippen LogP contribution in [0, 0.1) is 5.92 Å². The van der Waals surface area contributed by atoms with E-state index < -0.39 is 24.3 Å². The lowest BCUT2D eigenvalue weighted by Crippen LogP contribution is -2.37. The van der Waals surface area contributed by atoms with E-state index in [2.05, 4.69) is 27.6 Å². The highest BCUT2D eigenvalue weighted by atomic mass is 19.4. The molecule has 0 saturated carbocycles. The molecule has 0 aromatic carbocycles. The van der Waals surface area contributed by atoms with Gasteiger partial charge in [0.05, 0.1) is 31.7 Å². The summed E-state index contributed by atoms with van der Waals surface area (Å²) in [7, 11) is 2.10. The quantitative estimate of drug-likeness (QED) is 0.515. The summed E-state index contributed by atoms with van der Waals surface area (Å²) in [5.41, 5.74) is 1.14. The zero-order valence-electron chi connectivity index (χ0n) is 20.3. The van der Waals surface area contributed by atoms with Crippen molar-refractivity contribution in [2.24, 2.45) is 5.92 Å². The monoisotopic (exact) mass is 558 g/mol. The van der Waals surface area contributed by atoms with Gasteiger partial charge in [0.25, 0.3) is 0 Å². The fourth-order valence-corrected chi connectivity index (χ4v) is 3.69. The Bertz CT molecular complexity index is 995.